The molecule has 0 radical (unpaired) electrons. The molecule has 0 aliphatic rings. The Bertz CT molecular complexity index is 641. The molecule has 0 atom stereocenters. The van der Waals surface area contributed by atoms with Crippen molar-refractivity contribution in [3.8, 4) is 0 Å². The first kappa shape index (κ1) is 12.8. The molecule has 0 saturated carbocycles. The topological polar surface area (TPSA) is 71.1 Å². The highest BCUT2D eigenvalue weighted by atomic mass is 32.2. The number of para-hydroxylation sites is 1. The van der Waals surface area contributed by atoms with Crippen LogP contribution in [0.3, 0.4) is 0 Å². The van der Waals surface area contributed by atoms with Crippen molar-refractivity contribution in [3.63, 3.8) is 0 Å². The van der Waals surface area contributed by atoms with E-state index >= 15 is 0 Å². The lowest BCUT2D eigenvalue weighted by molar-refractivity contribution is 0.588. The first-order valence-electron chi connectivity index (χ1n) is 5.61. The first-order valence-corrected chi connectivity index (χ1v) is 7.27. The van der Waals surface area contributed by atoms with Crippen LogP contribution in [0.4, 0.5) is 5.82 Å². The minimum atomic E-state index is -3.17. The largest absolute Gasteiger partial charge is 0.369 e. The maximum Gasteiger partial charge on any atom is 0.213 e. The second-order valence-corrected chi connectivity index (χ2v) is 5.88. The van der Waals surface area contributed by atoms with Gasteiger partial charge in [-0.05, 0) is 25.2 Å². The molecule has 6 heteroatoms. The highest BCUT2D eigenvalue weighted by molar-refractivity contribution is 7.89. The van der Waals surface area contributed by atoms with Gasteiger partial charge in [0, 0.05) is 11.9 Å². The summed E-state index contributed by atoms with van der Waals surface area (Å²) in [5.74, 6) is 0.706. The second-order valence-electron chi connectivity index (χ2n) is 3.84. The standard InChI is InChI=1S/C12H15N3O2S/c1-13-18(16,17)9-8-14-12-7-6-10-4-2-3-5-11(10)15-12/h2-7,13H,8-9H2,1H3,(H,14,15). The Labute approximate surface area is 106 Å². The van der Waals surface area contributed by atoms with Gasteiger partial charge < -0.3 is 5.32 Å². The average molecular weight is 265 g/mol. The SMILES string of the molecule is CNS(=O)(=O)CCNc1ccc2ccccc2n1. The zero-order valence-electron chi connectivity index (χ0n) is 10.1. The lowest BCUT2D eigenvalue weighted by Gasteiger charge is -2.06. The maximum absolute atomic E-state index is 11.2. The number of rotatable bonds is 5. The molecule has 0 unspecified atom stereocenters. The number of pyridine rings is 1. The number of aromatic nitrogens is 1. The molecule has 0 saturated heterocycles. The summed E-state index contributed by atoms with van der Waals surface area (Å²) in [6.07, 6.45) is 0. The summed E-state index contributed by atoms with van der Waals surface area (Å²) in [6.45, 7) is 0.328. The van der Waals surface area contributed by atoms with Crippen LogP contribution in [0.5, 0.6) is 0 Å². The van der Waals surface area contributed by atoms with Gasteiger partial charge in [-0.15, -0.1) is 0 Å². The molecule has 18 heavy (non-hydrogen) atoms. The van der Waals surface area contributed by atoms with E-state index in [1.54, 1.807) is 0 Å². The van der Waals surface area contributed by atoms with Crippen molar-refractivity contribution in [1.29, 1.82) is 0 Å². The van der Waals surface area contributed by atoms with Gasteiger partial charge in [-0.2, -0.15) is 0 Å². The number of benzene rings is 1. The van der Waals surface area contributed by atoms with Gasteiger partial charge in [-0.25, -0.2) is 18.1 Å². The van der Waals surface area contributed by atoms with Crippen LogP contribution in [-0.4, -0.2) is 32.7 Å². The Balaban J connectivity index is 2.04. The van der Waals surface area contributed by atoms with Gasteiger partial charge in [0.2, 0.25) is 10.0 Å². The fourth-order valence-corrected chi connectivity index (χ4v) is 2.15. The minimum absolute atomic E-state index is 0.0258. The molecule has 2 rings (SSSR count). The molecule has 2 aromatic rings. The van der Waals surface area contributed by atoms with Crippen molar-refractivity contribution >= 4 is 26.7 Å². The van der Waals surface area contributed by atoms with Crippen molar-refractivity contribution in [3.05, 3.63) is 36.4 Å². The molecule has 0 fully saturated rings. The number of hydrogen-bond acceptors (Lipinski definition) is 4. The molecule has 1 heterocycles. The van der Waals surface area contributed by atoms with E-state index < -0.39 is 10.0 Å². The molecule has 0 aliphatic carbocycles. The van der Waals surface area contributed by atoms with Crippen molar-refractivity contribution in [2.24, 2.45) is 0 Å². The van der Waals surface area contributed by atoms with Crippen LogP contribution in [0.1, 0.15) is 0 Å². The van der Waals surface area contributed by atoms with Crippen LogP contribution in [0.2, 0.25) is 0 Å². The van der Waals surface area contributed by atoms with Crippen LogP contribution in [0.25, 0.3) is 10.9 Å². The van der Waals surface area contributed by atoms with E-state index in [0.717, 1.165) is 10.9 Å². The monoisotopic (exact) mass is 265 g/mol. The van der Waals surface area contributed by atoms with Gasteiger partial charge in [0.15, 0.2) is 0 Å². The quantitative estimate of drug-likeness (QED) is 0.852. The molecule has 0 spiro atoms. The second kappa shape index (κ2) is 5.32. The van der Waals surface area contributed by atoms with Gasteiger partial charge >= 0.3 is 0 Å². The summed E-state index contributed by atoms with van der Waals surface area (Å²) in [7, 11) is -1.77. The first-order chi connectivity index (χ1) is 8.61. The Morgan fingerprint density at radius 2 is 1.94 bits per heavy atom. The fourth-order valence-electron chi connectivity index (χ4n) is 1.58. The Morgan fingerprint density at radius 1 is 1.17 bits per heavy atom. The van der Waals surface area contributed by atoms with Crippen LogP contribution in [0.15, 0.2) is 36.4 Å². The van der Waals surface area contributed by atoms with Crippen molar-refractivity contribution in [2.75, 3.05) is 24.7 Å². The highest BCUT2D eigenvalue weighted by Crippen LogP contribution is 2.14. The van der Waals surface area contributed by atoms with E-state index in [0.29, 0.717) is 12.4 Å². The number of sulfonamides is 1. The summed E-state index contributed by atoms with van der Waals surface area (Å²) in [5.41, 5.74) is 0.888. The summed E-state index contributed by atoms with van der Waals surface area (Å²) in [5, 5.41) is 4.06. The van der Waals surface area contributed by atoms with Crippen LogP contribution in [0, 0.1) is 0 Å². The molecular weight excluding hydrogens is 250 g/mol. The van der Waals surface area contributed by atoms with E-state index in [-0.39, 0.29) is 5.75 Å². The average Bonchev–Trinajstić information content (AvgIpc) is 2.38. The predicted octanol–water partition coefficient (Wildman–Crippen LogP) is 1.20. The molecular formula is C12H15N3O2S. The van der Waals surface area contributed by atoms with Gasteiger partial charge in [-0.3, -0.25) is 0 Å². The summed E-state index contributed by atoms with van der Waals surface area (Å²) >= 11 is 0. The molecule has 2 N–H and O–H groups in total. The van der Waals surface area contributed by atoms with Gasteiger partial charge in [0.25, 0.3) is 0 Å². The molecule has 0 bridgehead atoms. The molecule has 1 aromatic carbocycles. The highest BCUT2D eigenvalue weighted by Gasteiger charge is 2.06. The number of nitrogens with one attached hydrogen (secondary N) is 2. The Morgan fingerprint density at radius 3 is 2.72 bits per heavy atom. The molecule has 0 aliphatic heterocycles. The van der Waals surface area contributed by atoms with E-state index in [4.69, 9.17) is 0 Å². The molecule has 5 nitrogen and oxygen atoms in total. The van der Waals surface area contributed by atoms with E-state index in [1.165, 1.54) is 7.05 Å². The number of nitrogens with zero attached hydrogens (tertiary/aromatic N) is 1. The zero-order valence-corrected chi connectivity index (χ0v) is 10.9. The van der Waals surface area contributed by atoms with Crippen molar-refractivity contribution in [1.82, 2.24) is 9.71 Å². The number of hydrogen-bond donors (Lipinski definition) is 2. The predicted molar refractivity (Wildman–Crippen MR) is 73.1 cm³/mol. The normalized spacial score (nSPS) is 11.6. The molecule has 96 valence electrons. The third-order valence-electron chi connectivity index (χ3n) is 2.59. The van der Waals surface area contributed by atoms with Crippen molar-refractivity contribution in [2.45, 2.75) is 0 Å². The smallest absolute Gasteiger partial charge is 0.213 e. The van der Waals surface area contributed by atoms with Crippen LogP contribution >= 0.6 is 0 Å². The number of anilines is 1. The van der Waals surface area contributed by atoms with Gasteiger partial charge in [0.05, 0.1) is 11.3 Å². The zero-order chi connectivity index (χ0) is 13.0. The van der Waals surface area contributed by atoms with Gasteiger partial charge in [-0.1, -0.05) is 18.2 Å². The van der Waals surface area contributed by atoms with Crippen molar-refractivity contribution < 1.29 is 8.42 Å². The van der Waals surface area contributed by atoms with Crippen LogP contribution < -0.4 is 10.0 Å². The summed E-state index contributed by atoms with van der Waals surface area (Å²) in [6, 6.07) is 11.6. The Kier molecular flexibility index (Phi) is 3.78. The number of fused-ring (bicyclic) bond motifs is 1. The fraction of sp³-hybridized carbons (Fsp3) is 0.250. The van der Waals surface area contributed by atoms with E-state index in [9.17, 15) is 8.42 Å². The lowest BCUT2D eigenvalue weighted by Crippen LogP contribution is -2.26. The van der Waals surface area contributed by atoms with E-state index in [1.807, 2.05) is 36.4 Å². The molecule has 1 aromatic heterocycles. The Hall–Kier alpha value is -1.66. The van der Waals surface area contributed by atoms with E-state index in [2.05, 4.69) is 15.0 Å². The van der Waals surface area contributed by atoms with Gasteiger partial charge in [0.1, 0.15) is 5.82 Å². The molecule has 0 amide bonds. The van der Waals surface area contributed by atoms with Crippen LogP contribution in [-0.2, 0) is 10.0 Å². The lowest BCUT2D eigenvalue weighted by atomic mass is 10.2. The summed E-state index contributed by atoms with van der Waals surface area (Å²) < 4.78 is 24.7. The minimum Gasteiger partial charge on any atom is -0.369 e. The maximum atomic E-state index is 11.2. The third-order valence-corrected chi connectivity index (χ3v) is 3.95. The summed E-state index contributed by atoms with van der Waals surface area (Å²) in [4.78, 5) is 4.39. The third kappa shape index (κ3) is 3.18.